The van der Waals surface area contributed by atoms with Gasteiger partial charge in [0, 0.05) is 6.04 Å². The number of hydrogen-bond acceptors (Lipinski definition) is 3. The van der Waals surface area contributed by atoms with Gasteiger partial charge in [-0.3, -0.25) is 4.79 Å². The zero-order valence-corrected chi connectivity index (χ0v) is 11.7. The molecule has 1 aromatic rings. The van der Waals surface area contributed by atoms with Crippen molar-refractivity contribution in [1.82, 2.24) is 5.32 Å². The Morgan fingerprint density at radius 1 is 1.45 bits per heavy atom. The van der Waals surface area contributed by atoms with E-state index in [1.807, 2.05) is 19.9 Å². The second-order valence-electron chi connectivity index (χ2n) is 4.47. The van der Waals surface area contributed by atoms with Crippen LogP contribution in [0.15, 0.2) is 42.5 Å². The molecule has 0 heterocycles. The van der Waals surface area contributed by atoms with Crippen LogP contribution in [0, 0.1) is 11.3 Å². The molecule has 4 nitrogen and oxygen atoms in total. The monoisotopic (exact) mass is 270 g/mol. The predicted octanol–water partition coefficient (Wildman–Crippen LogP) is 2.68. The van der Waals surface area contributed by atoms with Crippen molar-refractivity contribution in [1.29, 1.82) is 5.26 Å². The molecule has 0 aliphatic heterocycles. The molecule has 0 aliphatic rings. The van der Waals surface area contributed by atoms with E-state index in [2.05, 4.69) is 11.9 Å². The summed E-state index contributed by atoms with van der Waals surface area (Å²) in [6.07, 6.45) is 3.22. The third kappa shape index (κ3) is 4.99. The van der Waals surface area contributed by atoms with Crippen LogP contribution in [-0.2, 0) is 4.79 Å². The van der Waals surface area contributed by atoms with Gasteiger partial charge in [0.25, 0.3) is 5.91 Å². The lowest BCUT2D eigenvalue weighted by Crippen LogP contribution is -2.30. The Morgan fingerprint density at radius 2 is 2.10 bits per heavy atom. The van der Waals surface area contributed by atoms with Gasteiger partial charge in [-0.1, -0.05) is 24.8 Å². The average molecular weight is 270 g/mol. The van der Waals surface area contributed by atoms with E-state index in [4.69, 9.17) is 10.00 Å². The SMILES string of the molecule is C=CCOc1ccc(/C=C(\C#N)C(=O)NC(C)C)cc1. The van der Waals surface area contributed by atoms with Gasteiger partial charge in [0.2, 0.25) is 0 Å². The largest absolute Gasteiger partial charge is 0.490 e. The first-order valence-corrected chi connectivity index (χ1v) is 6.33. The van der Waals surface area contributed by atoms with Crippen LogP contribution in [0.2, 0.25) is 0 Å². The quantitative estimate of drug-likeness (QED) is 0.491. The van der Waals surface area contributed by atoms with Crippen molar-refractivity contribution >= 4 is 12.0 Å². The molecule has 0 saturated heterocycles. The summed E-state index contributed by atoms with van der Waals surface area (Å²) in [6.45, 7) is 7.70. The van der Waals surface area contributed by atoms with Gasteiger partial charge in [-0.05, 0) is 37.6 Å². The smallest absolute Gasteiger partial charge is 0.262 e. The third-order valence-electron chi connectivity index (χ3n) is 2.34. The van der Waals surface area contributed by atoms with Crippen LogP contribution < -0.4 is 10.1 Å². The first-order valence-electron chi connectivity index (χ1n) is 6.33. The minimum atomic E-state index is -0.366. The van der Waals surface area contributed by atoms with Crippen LogP contribution in [0.3, 0.4) is 0 Å². The minimum absolute atomic E-state index is 0.00562. The number of carbonyl (C=O) groups is 1. The van der Waals surface area contributed by atoms with Gasteiger partial charge < -0.3 is 10.1 Å². The molecule has 1 N–H and O–H groups in total. The van der Waals surface area contributed by atoms with E-state index in [9.17, 15) is 4.79 Å². The fraction of sp³-hybridized carbons (Fsp3) is 0.250. The van der Waals surface area contributed by atoms with E-state index in [-0.39, 0.29) is 17.5 Å². The molecule has 0 radical (unpaired) electrons. The lowest BCUT2D eigenvalue weighted by molar-refractivity contribution is -0.117. The first kappa shape index (κ1) is 15.5. The number of benzene rings is 1. The topological polar surface area (TPSA) is 62.1 Å². The number of nitrogens with zero attached hydrogens (tertiary/aromatic N) is 1. The average Bonchev–Trinajstić information content (AvgIpc) is 2.42. The normalized spacial score (nSPS) is 10.8. The molecular weight excluding hydrogens is 252 g/mol. The van der Waals surface area contributed by atoms with E-state index in [1.165, 1.54) is 0 Å². The molecule has 4 heteroatoms. The summed E-state index contributed by atoms with van der Waals surface area (Å²) < 4.78 is 5.36. The molecule has 0 saturated carbocycles. The predicted molar refractivity (Wildman–Crippen MR) is 79.0 cm³/mol. The highest BCUT2D eigenvalue weighted by Crippen LogP contribution is 2.14. The molecule has 104 valence electrons. The zero-order chi connectivity index (χ0) is 15.0. The molecule has 0 bridgehead atoms. The lowest BCUT2D eigenvalue weighted by atomic mass is 10.1. The standard InChI is InChI=1S/C16H18N2O2/c1-4-9-20-15-7-5-13(6-8-15)10-14(11-17)16(19)18-12(2)3/h4-8,10,12H,1,9H2,2-3H3,(H,18,19)/b14-10+. The molecule has 1 aromatic carbocycles. The number of ether oxygens (including phenoxy) is 1. The van der Waals surface area contributed by atoms with Gasteiger partial charge in [0.15, 0.2) is 0 Å². The number of amides is 1. The number of nitriles is 1. The number of nitrogens with one attached hydrogen (secondary N) is 1. The molecule has 20 heavy (non-hydrogen) atoms. The summed E-state index contributed by atoms with van der Waals surface area (Å²) in [5.74, 6) is 0.349. The van der Waals surface area contributed by atoms with E-state index < -0.39 is 0 Å². The van der Waals surface area contributed by atoms with Crippen molar-refractivity contribution in [3.05, 3.63) is 48.1 Å². The van der Waals surface area contributed by atoms with Crippen molar-refractivity contribution in [2.45, 2.75) is 19.9 Å². The van der Waals surface area contributed by atoms with E-state index in [0.29, 0.717) is 12.4 Å². The zero-order valence-electron chi connectivity index (χ0n) is 11.7. The first-order chi connectivity index (χ1) is 9.56. The maximum atomic E-state index is 11.8. The Labute approximate surface area is 119 Å². The Bertz CT molecular complexity index is 537. The fourth-order valence-corrected chi connectivity index (χ4v) is 1.47. The third-order valence-corrected chi connectivity index (χ3v) is 2.34. The summed E-state index contributed by atoms with van der Waals surface area (Å²) in [5.41, 5.74) is 0.852. The molecular formula is C16H18N2O2. The van der Waals surface area contributed by atoms with E-state index in [1.54, 1.807) is 36.4 Å². The van der Waals surface area contributed by atoms with Gasteiger partial charge in [-0.15, -0.1) is 0 Å². The van der Waals surface area contributed by atoms with Crippen molar-refractivity contribution < 1.29 is 9.53 Å². The van der Waals surface area contributed by atoms with E-state index >= 15 is 0 Å². The highest BCUT2D eigenvalue weighted by Gasteiger charge is 2.09. The minimum Gasteiger partial charge on any atom is -0.490 e. The molecule has 1 rings (SSSR count). The Balaban J connectivity index is 2.83. The molecule has 0 aromatic heterocycles. The second kappa shape index (κ2) is 7.80. The van der Waals surface area contributed by atoms with Crippen LogP contribution in [0.1, 0.15) is 19.4 Å². The van der Waals surface area contributed by atoms with Gasteiger partial charge in [0.1, 0.15) is 24.0 Å². The Morgan fingerprint density at radius 3 is 2.60 bits per heavy atom. The highest BCUT2D eigenvalue weighted by molar-refractivity contribution is 6.01. The molecule has 1 amide bonds. The van der Waals surface area contributed by atoms with Gasteiger partial charge in [-0.2, -0.15) is 5.26 Å². The molecule has 0 spiro atoms. The fourth-order valence-electron chi connectivity index (χ4n) is 1.47. The lowest BCUT2D eigenvalue weighted by Gasteiger charge is -2.07. The van der Waals surface area contributed by atoms with Crippen molar-refractivity contribution in [2.24, 2.45) is 0 Å². The van der Waals surface area contributed by atoms with Crippen LogP contribution in [-0.4, -0.2) is 18.6 Å². The van der Waals surface area contributed by atoms with Crippen LogP contribution in [0.4, 0.5) is 0 Å². The molecule has 0 atom stereocenters. The Kier molecular flexibility index (Phi) is 6.05. The van der Waals surface area contributed by atoms with Crippen LogP contribution >= 0.6 is 0 Å². The maximum Gasteiger partial charge on any atom is 0.262 e. The van der Waals surface area contributed by atoms with Gasteiger partial charge in [-0.25, -0.2) is 0 Å². The highest BCUT2D eigenvalue weighted by atomic mass is 16.5. The summed E-state index contributed by atoms with van der Waals surface area (Å²) in [4.78, 5) is 11.8. The van der Waals surface area contributed by atoms with Crippen molar-refractivity contribution in [3.63, 3.8) is 0 Å². The summed E-state index contributed by atoms with van der Waals surface area (Å²) >= 11 is 0. The second-order valence-corrected chi connectivity index (χ2v) is 4.47. The summed E-state index contributed by atoms with van der Waals surface area (Å²) in [5, 5.41) is 11.7. The van der Waals surface area contributed by atoms with Gasteiger partial charge in [0.05, 0.1) is 0 Å². The molecule has 0 unspecified atom stereocenters. The maximum absolute atomic E-state index is 11.8. The Hall–Kier alpha value is -2.54. The summed E-state index contributed by atoms with van der Waals surface area (Å²) in [6, 6.07) is 9.05. The van der Waals surface area contributed by atoms with Crippen molar-refractivity contribution in [2.75, 3.05) is 6.61 Å². The van der Waals surface area contributed by atoms with E-state index in [0.717, 1.165) is 5.56 Å². The summed E-state index contributed by atoms with van der Waals surface area (Å²) in [7, 11) is 0. The molecule has 0 aliphatic carbocycles. The van der Waals surface area contributed by atoms with Crippen LogP contribution in [0.25, 0.3) is 6.08 Å². The number of hydrogen-bond donors (Lipinski definition) is 1. The number of rotatable bonds is 6. The molecule has 0 fully saturated rings. The number of carbonyl (C=O) groups excluding carboxylic acids is 1. The van der Waals surface area contributed by atoms with Crippen molar-refractivity contribution in [3.8, 4) is 11.8 Å². The van der Waals surface area contributed by atoms with Gasteiger partial charge >= 0.3 is 0 Å². The van der Waals surface area contributed by atoms with Crippen LogP contribution in [0.5, 0.6) is 5.75 Å².